The molecule has 9 heteroatoms. The third kappa shape index (κ3) is 3.70. The maximum atomic E-state index is 12.3. The average Bonchev–Trinajstić information content (AvgIpc) is 3.35. The van der Waals surface area contributed by atoms with Crippen molar-refractivity contribution in [2.45, 2.75) is 18.6 Å². The first-order valence-electron chi connectivity index (χ1n) is 8.57. The highest BCUT2D eigenvalue weighted by molar-refractivity contribution is 7.99. The van der Waals surface area contributed by atoms with Gasteiger partial charge in [-0.3, -0.25) is 9.36 Å². The molecule has 1 aromatic carbocycles. The van der Waals surface area contributed by atoms with E-state index in [1.807, 2.05) is 17.6 Å². The highest BCUT2D eigenvalue weighted by Crippen LogP contribution is 2.24. The van der Waals surface area contributed by atoms with E-state index in [1.54, 1.807) is 36.6 Å². The zero-order chi connectivity index (χ0) is 19.5. The van der Waals surface area contributed by atoms with Gasteiger partial charge in [0.1, 0.15) is 5.58 Å². The number of hydrogen-bond acceptors (Lipinski definition) is 7. The molecular formula is C19H16N4O4S. The quantitative estimate of drug-likeness (QED) is 0.393. The molecule has 0 bridgehead atoms. The molecule has 0 spiro atoms. The van der Waals surface area contributed by atoms with Crippen LogP contribution in [0.1, 0.15) is 6.92 Å². The first kappa shape index (κ1) is 18.1. The number of carbonyl (C=O) groups excluding carboxylic acids is 1. The number of thioether (sulfide) groups is 1. The zero-order valence-electron chi connectivity index (χ0n) is 14.9. The van der Waals surface area contributed by atoms with Gasteiger partial charge >= 0.3 is 5.63 Å². The lowest BCUT2D eigenvalue weighted by molar-refractivity contribution is -0.113. The lowest BCUT2D eigenvalue weighted by Crippen LogP contribution is -2.14. The van der Waals surface area contributed by atoms with Crippen molar-refractivity contribution >= 4 is 34.3 Å². The predicted octanol–water partition coefficient (Wildman–Crippen LogP) is 3.40. The molecule has 0 radical (unpaired) electrons. The minimum absolute atomic E-state index is 0.174. The number of anilines is 1. The Kier molecular flexibility index (Phi) is 4.98. The summed E-state index contributed by atoms with van der Waals surface area (Å²) in [5.41, 5.74) is 0.691. The summed E-state index contributed by atoms with van der Waals surface area (Å²) in [5, 5.41) is 12.5. The van der Waals surface area contributed by atoms with Crippen molar-refractivity contribution < 1.29 is 13.6 Å². The van der Waals surface area contributed by atoms with Crippen molar-refractivity contribution in [2.75, 3.05) is 11.1 Å². The van der Waals surface area contributed by atoms with Crippen LogP contribution in [0.2, 0.25) is 0 Å². The van der Waals surface area contributed by atoms with Crippen LogP contribution in [0.15, 0.2) is 67.5 Å². The van der Waals surface area contributed by atoms with Crippen molar-refractivity contribution in [3.05, 3.63) is 59.1 Å². The van der Waals surface area contributed by atoms with Crippen LogP contribution >= 0.6 is 11.8 Å². The molecule has 1 N–H and O–H groups in total. The van der Waals surface area contributed by atoms with Crippen LogP contribution in [-0.2, 0) is 11.3 Å². The molecule has 0 saturated heterocycles. The summed E-state index contributed by atoms with van der Waals surface area (Å²) in [6, 6.07) is 11.7. The Balaban J connectivity index is 1.44. The van der Waals surface area contributed by atoms with Crippen molar-refractivity contribution in [1.82, 2.24) is 14.8 Å². The Morgan fingerprint density at radius 1 is 1.21 bits per heavy atom. The molecule has 3 heterocycles. The Morgan fingerprint density at radius 3 is 2.89 bits per heavy atom. The van der Waals surface area contributed by atoms with Gasteiger partial charge in [-0.05, 0) is 43.3 Å². The van der Waals surface area contributed by atoms with Crippen LogP contribution in [0.3, 0.4) is 0 Å². The summed E-state index contributed by atoms with van der Waals surface area (Å²) in [7, 11) is 0. The number of fused-ring (bicyclic) bond motifs is 1. The summed E-state index contributed by atoms with van der Waals surface area (Å²) in [4.78, 5) is 23.6. The van der Waals surface area contributed by atoms with E-state index in [-0.39, 0.29) is 11.7 Å². The highest BCUT2D eigenvalue weighted by atomic mass is 32.2. The van der Waals surface area contributed by atoms with E-state index in [4.69, 9.17) is 8.83 Å². The minimum atomic E-state index is -0.408. The number of nitrogens with zero attached hydrogens (tertiary/aromatic N) is 3. The highest BCUT2D eigenvalue weighted by Gasteiger charge is 2.16. The van der Waals surface area contributed by atoms with Crippen molar-refractivity contribution in [3.8, 4) is 11.6 Å². The third-order valence-electron chi connectivity index (χ3n) is 4.01. The van der Waals surface area contributed by atoms with Gasteiger partial charge in [0.2, 0.25) is 5.91 Å². The van der Waals surface area contributed by atoms with Gasteiger partial charge in [-0.15, -0.1) is 10.2 Å². The fourth-order valence-corrected chi connectivity index (χ4v) is 3.55. The molecule has 0 aliphatic rings. The standard InChI is InChI=1S/C19H16N4O4S/c1-2-23-18(15-4-3-9-26-15)21-22-19(23)28-11-16(24)20-13-6-7-14-12(10-13)5-8-17(25)27-14/h3-10H,2,11H2,1H3,(H,20,24). The molecule has 0 fully saturated rings. The number of hydrogen-bond donors (Lipinski definition) is 1. The number of nitrogens with one attached hydrogen (secondary N) is 1. The molecule has 142 valence electrons. The first-order valence-corrected chi connectivity index (χ1v) is 9.56. The summed E-state index contributed by atoms with van der Waals surface area (Å²) in [6.45, 7) is 2.64. The topological polar surface area (TPSA) is 103 Å². The maximum Gasteiger partial charge on any atom is 0.336 e. The largest absolute Gasteiger partial charge is 0.461 e. The maximum absolute atomic E-state index is 12.3. The number of furan rings is 1. The first-order chi connectivity index (χ1) is 13.6. The molecule has 0 aliphatic carbocycles. The van der Waals surface area contributed by atoms with Crippen LogP contribution in [-0.4, -0.2) is 26.4 Å². The molecule has 8 nitrogen and oxygen atoms in total. The monoisotopic (exact) mass is 396 g/mol. The Labute approximate surface area is 163 Å². The van der Waals surface area contributed by atoms with E-state index in [1.165, 1.54) is 17.8 Å². The third-order valence-corrected chi connectivity index (χ3v) is 4.98. The average molecular weight is 396 g/mol. The number of amides is 1. The predicted molar refractivity (Wildman–Crippen MR) is 105 cm³/mol. The van der Waals surface area contributed by atoms with Gasteiger partial charge in [0, 0.05) is 23.7 Å². The molecule has 28 heavy (non-hydrogen) atoms. The smallest absolute Gasteiger partial charge is 0.336 e. The fraction of sp³-hybridized carbons (Fsp3) is 0.158. The lowest BCUT2D eigenvalue weighted by atomic mass is 10.2. The molecule has 0 unspecified atom stereocenters. The van der Waals surface area contributed by atoms with Gasteiger partial charge in [-0.25, -0.2) is 4.79 Å². The summed E-state index contributed by atoms with van der Waals surface area (Å²) in [6.07, 6.45) is 1.58. The number of benzene rings is 1. The second-order valence-corrected chi connectivity index (χ2v) is 6.81. The van der Waals surface area contributed by atoms with Crippen LogP contribution < -0.4 is 10.9 Å². The number of rotatable bonds is 6. The van der Waals surface area contributed by atoms with E-state index in [0.29, 0.717) is 34.6 Å². The molecular weight excluding hydrogens is 380 g/mol. The van der Waals surface area contributed by atoms with Crippen LogP contribution in [0.4, 0.5) is 5.69 Å². The van der Waals surface area contributed by atoms with Crippen molar-refractivity contribution in [3.63, 3.8) is 0 Å². The van der Waals surface area contributed by atoms with Gasteiger partial charge in [0.15, 0.2) is 16.7 Å². The Hall–Kier alpha value is -3.33. The lowest BCUT2D eigenvalue weighted by Gasteiger charge is -2.07. The second kappa shape index (κ2) is 7.73. The zero-order valence-corrected chi connectivity index (χ0v) is 15.7. The molecule has 0 saturated carbocycles. The molecule has 4 aromatic rings. The van der Waals surface area contributed by atoms with Crippen LogP contribution in [0.25, 0.3) is 22.6 Å². The van der Waals surface area contributed by atoms with Crippen molar-refractivity contribution in [2.24, 2.45) is 0 Å². The minimum Gasteiger partial charge on any atom is -0.461 e. The van der Waals surface area contributed by atoms with E-state index in [2.05, 4.69) is 15.5 Å². The SMILES string of the molecule is CCn1c(SCC(=O)Nc2ccc3oc(=O)ccc3c2)nnc1-c1ccco1. The van der Waals surface area contributed by atoms with E-state index < -0.39 is 5.63 Å². The van der Waals surface area contributed by atoms with E-state index >= 15 is 0 Å². The molecule has 3 aromatic heterocycles. The normalized spacial score (nSPS) is 11.0. The van der Waals surface area contributed by atoms with Gasteiger partial charge in [-0.1, -0.05) is 11.8 Å². The Bertz CT molecular complexity index is 1180. The van der Waals surface area contributed by atoms with Crippen LogP contribution in [0, 0.1) is 0 Å². The van der Waals surface area contributed by atoms with Gasteiger partial charge < -0.3 is 14.2 Å². The van der Waals surface area contributed by atoms with Crippen molar-refractivity contribution in [1.29, 1.82) is 0 Å². The van der Waals surface area contributed by atoms with Gasteiger partial charge in [0.05, 0.1) is 12.0 Å². The van der Waals surface area contributed by atoms with E-state index in [9.17, 15) is 9.59 Å². The molecule has 1 amide bonds. The molecule has 0 aliphatic heterocycles. The molecule has 0 atom stereocenters. The molecule has 4 rings (SSSR count). The second-order valence-electron chi connectivity index (χ2n) is 5.87. The fourth-order valence-electron chi connectivity index (χ4n) is 2.75. The van der Waals surface area contributed by atoms with Gasteiger partial charge in [-0.2, -0.15) is 0 Å². The number of aromatic nitrogens is 3. The van der Waals surface area contributed by atoms with E-state index in [0.717, 1.165) is 5.39 Å². The summed E-state index contributed by atoms with van der Waals surface area (Å²) < 4.78 is 12.4. The summed E-state index contributed by atoms with van der Waals surface area (Å²) in [5.74, 6) is 1.27. The summed E-state index contributed by atoms with van der Waals surface area (Å²) >= 11 is 1.30. The number of carbonyl (C=O) groups is 1. The van der Waals surface area contributed by atoms with Gasteiger partial charge in [0.25, 0.3) is 0 Å². The Morgan fingerprint density at radius 2 is 2.11 bits per heavy atom. The van der Waals surface area contributed by atoms with Crippen LogP contribution in [0.5, 0.6) is 0 Å².